The molecule has 0 aliphatic carbocycles. The highest BCUT2D eigenvalue weighted by Crippen LogP contribution is 2.26. The highest BCUT2D eigenvalue weighted by Gasteiger charge is 2.32. The van der Waals surface area contributed by atoms with Crippen molar-refractivity contribution in [2.24, 2.45) is 0 Å². The Morgan fingerprint density at radius 1 is 1.75 bits per heavy atom. The second-order valence-corrected chi connectivity index (χ2v) is 3.02. The van der Waals surface area contributed by atoms with E-state index in [2.05, 4.69) is 0 Å². The highest BCUT2D eigenvalue weighted by atomic mass is 16.5. The molecule has 70 valence electrons. The summed E-state index contributed by atoms with van der Waals surface area (Å²) in [5.41, 5.74) is -0.911. The Bertz CT molecular complexity index is 177. The molecule has 1 heterocycles. The van der Waals surface area contributed by atoms with Gasteiger partial charge in [0, 0.05) is 13.5 Å². The predicted molar refractivity (Wildman–Crippen MR) is 45.8 cm³/mol. The third-order valence-electron chi connectivity index (χ3n) is 2.13. The van der Waals surface area contributed by atoms with Gasteiger partial charge in [-0.05, 0) is 12.5 Å². The summed E-state index contributed by atoms with van der Waals surface area (Å²) >= 11 is 0. The second kappa shape index (κ2) is 3.92. The summed E-state index contributed by atoms with van der Waals surface area (Å²) in [6.07, 6.45) is 3.44. The van der Waals surface area contributed by atoms with Crippen molar-refractivity contribution in [1.29, 1.82) is 0 Å². The lowest BCUT2D eigenvalue weighted by molar-refractivity contribution is -0.0406. The molecular formula is C9H16O3. The van der Waals surface area contributed by atoms with Gasteiger partial charge in [0.1, 0.15) is 11.4 Å². The maximum absolute atomic E-state index is 10.0. The second-order valence-electron chi connectivity index (χ2n) is 3.02. The van der Waals surface area contributed by atoms with E-state index in [1.807, 2.05) is 13.0 Å². The first-order valence-electron chi connectivity index (χ1n) is 4.27. The van der Waals surface area contributed by atoms with Crippen LogP contribution in [0.1, 0.15) is 19.8 Å². The van der Waals surface area contributed by atoms with Crippen LogP contribution in [0.5, 0.6) is 0 Å². The molecule has 0 amide bonds. The molecule has 0 aromatic carbocycles. The Hall–Kier alpha value is -0.540. The fraction of sp³-hybridized carbons (Fsp3) is 0.778. The number of rotatable bonds is 4. The lowest BCUT2D eigenvalue weighted by Crippen LogP contribution is -2.35. The fourth-order valence-corrected chi connectivity index (χ4v) is 1.33. The van der Waals surface area contributed by atoms with Gasteiger partial charge in [-0.3, -0.25) is 0 Å². The first kappa shape index (κ1) is 9.55. The van der Waals surface area contributed by atoms with Crippen LogP contribution < -0.4 is 0 Å². The number of hydrogen-bond donors (Lipinski definition) is 1. The zero-order valence-corrected chi connectivity index (χ0v) is 7.67. The Morgan fingerprint density at radius 3 is 2.92 bits per heavy atom. The van der Waals surface area contributed by atoms with Gasteiger partial charge in [-0.15, -0.1) is 0 Å². The normalized spacial score (nSPS) is 21.4. The minimum Gasteiger partial charge on any atom is -0.495 e. The molecule has 1 aliphatic rings. The van der Waals surface area contributed by atoms with E-state index in [1.54, 1.807) is 7.11 Å². The SMILES string of the molecule is CCC(O)(COC)C1=CCCO1. The van der Waals surface area contributed by atoms with Crippen LogP contribution in [-0.2, 0) is 9.47 Å². The minimum absolute atomic E-state index is 0.301. The fourth-order valence-electron chi connectivity index (χ4n) is 1.33. The molecule has 1 atom stereocenters. The average molecular weight is 172 g/mol. The largest absolute Gasteiger partial charge is 0.495 e. The van der Waals surface area contributed by atoms with Crippen molar-refractivity contribution in [1.82, 2.24) is 0 Å². The van der Waals surface area contributed by atoms with Gasteiger partial charge in [0.2, 0.25) is 0 Å². The summed E-state index contributed by atoms with van der Waals surface area (Å²) in [7, 11) is 1.58. The lowest BCUT2D eigenvalue weighted by Gasteiger charge is -2.26. The van der Waals surface area contributed by atoms with Gasteiger partial charge in [-0.1, -0.05) is 6.92 Å². The molecule has 3 heteroatoms. The molecule has 0 aromatic heterocycles. The van der Waals surface area contributed by atoms with Crippen LogP contribution in [0.4, 0.5) is 0 Å². The summed E-state index contributed by atoms with van der Waals surface area (Å²) in [6, 6.07) is 0. The zero-order chi connectivity index (χ0) is 9.03. The maximum atomic E-state index is 10.0. The van der Waals surface area contributed by atoms with E-state index >= 15 is 0 Å². The van der Waals surface area contributed by atoms with Gasteiger partial charge in [-0.2, -0.15) is 0 Å². The molecular weight excluding hydrogens is 156 g/mol. The molecule has 1 aliphatic heterocycles. The molecule has 0 aromatic rings. The number of ether oxygens (including phenoxy) is 2. The molecule has 0 spiro atoms. The van der Waals surface area contributed by atoms with Gasteiger partial charge >= 0.3 is 0 Å². The third-order valence-corrected chi connectivity index (χ3v) is 2.13. The van der Waals surface area contributed by atoms with Crippen molar-refractivity contribution in [3.05, 3.63) is 11.8 Å². The van der Waals surface area contributed by atoms with Crippen molar-refractivity contribution in [2.45, 2.75) is 25.4 Å². The summed E-state index contributed by atoms with van der Waals surface area (Å²) in [6.45, 7) is 2.90. The molecule has 0 bridgehead atoms. The number of methoxy groups -OCH3 is 1. The Balaban J connectivity index is 2.64. The standard InChI is InChI=1S/C9H16O3/c1-3-9(10,7-11-2)8-5-4-6-12-8/h5,10H,3-4,6-7H2,1-2H3. The van der Waals surface area contributed by atoms with Crippen molar-refractivity contribution >= 4 is 0 Å². The zero-order valence-electron chi connectivity index (χ0n) is 7.67. The van der Waals surface area contributed by atoms with Crippen LogP contribution in [0.15, 0.2) is 11.8 Å². The van der Waals surface area contributed by atoms with Crippen LogP contribution in [0.2, 0.25) is 0 Å². The summed E-state index contributed by atoms with van der Waals surface area (Å²) in [5.74, 6) is 0.673. The first-order valence-corrected chi connectivity index (χ1v) is 4.27. The Kier molecular flexibility index (Phi) is 3.12. The van der Waals surface area contributed by atoms with E-state index in [-0.39, 0.29) is 0 Å². The molecule has 12 heavy (non-hydrogen) atoms. The summed E-state index contributed by atoms with van der Waals surface area (Å²) in [5, 5.41) is 10.0. The predicted octanol–water partition coefficient (Wildman–Crippen LogP) is 1.08. The third kappa shape index (κ3) is 1.79. The lowest BCUT2D eigenvalue weighted by atomic mass is 9.99. The van der Waals surface area contributed by atoms with E-state index in [4.69, 9.17) is 9.47 Å². The molecule has 0 fully saturated rings. The van der Waals surface area contributed by atoms with Crippen LogP contribution in [0.3, 0.4) is 0 Å². The highest BCUT2D eigenvalue weighted by molar-refractivity contribution is 5.12. The van der Waals surface area contributed by atoms with Crippen LogP contribution in [-0.4, -0.2) is 31.0 Å². The quantitative estimate of drug-likeness (QED) is 0.689. The van der Waals surface area contributed by atoms with Crippen molar-refractivity contribution < 1.29 is 14.6 Å². The molecule has 0 saturated carbocycles. The monoisotopic (exact) mass is 172 g/mol. The summed E-state index contributed by atoms with van der Waals surface area (Å²) < 4.78 is 10.2. The average Bonchev–Trinajstić information content (AvgIpc) is 2.57. The Labute approximate surface area is 73.0 Å². The molecule has 3 nitrogen and oxygen atoms in total. The molecule has 1 unspecified atom stereocenters. The topological polar surface area (TPSA) is 38.7 Å². The van der Waals surface area contributed by atoms with Crippen molar-refractivity contribution in [2.75, 3.05) is 20.3 Å². The van der Waals surface area contributed by atoms with E-state index in [0.717, 1.165) is 6.42 Å². The Morgan fingerprint density at radius 2 is 2.50 bits per heavy atom. The smallest absolute Gasteiger partial charge is 0.144 e. The van der Waals surface area contributed by atoms with E-state index in [0.29, 0.717) is 25.4 Å². The van der Waals surface area contributed by atoms with Gasteiger partial charge in [0.05, 0.1) is 13.2 Å². The van der Waals surface area contributed by atoms with E-state index in [1.165, 1.54) is 0 Å². The summed E-state index contributed by atoms with van der Waals surface area (Å²) in [4.78, 5) is 0. The van der Waals surface area contributed by atoms with Crippen LogP contribution in [0.25, 0.3) is 0 Å². The van der Waals surface area contributed by atoms with Crippen LogP contribution in [0, 0.1) is 0 Å². The van der Waals surface area contributed by atoms with Gasteiger partial charge in [0.15, 0.2) is 0 Å². The van der Waals surface area contributed by atoms with Gasteiger partial charge < -0.3 is 14.6 Å². The van der Waals surface area contributed by atoms with Gasteiger partial charge in [-0.25, -0.2) is 0 Å². The molecule has 1 rings (SSSR count). The molecule has 0 saturated heterocycles. The van der Waals surface area contributed by atoms with E-state index < -0.39 is 5.60 Å². The number of hydrogen-bond acceptors (Lipinski definition) is 3. The van der Waals surface area contributed by atoms with Gasteiger partial charge in [0.25, 0.3) is 0 Å². The van der Waals surface area contributed by atoms with Crippen molar-refractivity contribution in [3.63, 3.8) is 0 Å². The molecule has 0 radical (unpaired) electrons. The van der Waals surface area contributed by atoms with E-state index in [9.17, 15) is 5.11 Å². The minimum atomic E-state index is -0.911. The molecule has 1 N–H and O–H groups in total. The first-order chi connectivity index (χ1) is 5.73. The van der Waals surface area contributed by atoms with Crippen molar-refractivity contribution in [3.8, 4) is 0 Å². The van der Waals surface area contributed by atoms with Crippen LogP contribution >= 0.6 is 0 Å². The number of aliphatic hydroxyl groups is 1. The maximum Gasteiger partial charge on any atom is 0.144 e.